The maximum absolute atomic E-state index is 12.5. The van der Waals surface area contributed by atoms with E-state index in [0.717, 1.165) is 16.9 Å². The molecule has 0 radical (unpaired) electrons. The van der Waals surface area contributed by atoms with Crippen LogP contribution in [0.15, 0.2) is 78.9 Å². The van der Waals surface area contributed by atoms with Crippen LogP contribution in [0, 0.1) is 0 Å². The molecule has 28 heavy (non-hydrogen) atoms. The summed E-state index contributed by atoms with van der Waals surface area (Å²) >= 11 is 0. The van der Waals surface area contributed by atoms with Crippen LogP contribution in [0.3, 0.4) is 0 Å². The first-order chi connectivity index (χ1) is 13.7. The smallest absolute Gasteiger partial charge is 0.253 e. The molecule has 1 heterocycles. The molecule has 0 saturated carbocycles. The molecule has 3 aromatic rings. The number of fused-ring (bicyclic) bond motifs is 1. The molecular formula is C23H20N2O3. The minimum atomic E-state index is -0.226. The maximum atomic E-state index is 12.5. The second-order valence-electron chi connectivity index (χ2n) is 6.60. The zero-order chi connectivity index (χ0) is 19.3. The zero-order valence-corrected chi connectivity index (χ0v) is 15.3. The molecule has 0 aromatic heterocycles. The highest BCUT2D eigenvalue weighted by Crippen LogP contribution is 2.25. The van der Waals surface area contributed by atoms with Gasteiger partial charge in [0.15, 0.2) is 0 Å². The molecule has 0 unspecified atom stereocenters. The van der Waals surface area contributed by atoms with Crippen molar-refractivity contribution >= 4 is 17.5 Å². The highest BCUT2D eigenvalue weighted by molar-refractivity contribution is 6.09. The van der Waals surface area contributed by atoms with E-state index in [1.54, 1.807) is 23.1 Å². The summed E-state index contributed by atoms with van der Waals surface area (Å²) in [5, 5.41) is 2.66. The van der Waals surface area contributed by atoms with Gasteiger partial charge in [0.25, 0.3) is 5.91 Å². The summed E-state index contributed by atoms with van der Waals surface area (Å²) in [4.78, 5) is 26.4. The van der Waals surface area contributed by atoms with Crippen LogP contribution in [0.2, 0.25) is 0 Å². The van der Waals surface area contributed by atoms with Gasteiger partial charge in [-0.25, -0.2) is 0 Å². The molecule has 0 bridgehead atoms. The first-order valence-corrected chi connectivity index (χ1v) is 9.14. The van der Waals surface area contributed by atoms with Gasteiger partial charge in [-0.2, -0.15) is 0 Å². The van der Waals surface area contributed by atoms with Crippen LogP contribution in [0.1, 0.15) is 21.5 Å². The number of amides is 2. The fourth-order valence-electron chi connectivity index (χ4n) is 3.17. The van der Waals surface area contributed by atoms with Crippen molar-refractivity contribution in [3.05, 3.63) is 95.6 Å². The van der Waals surface area contributed by atoms with Gasteiger partial charge in [0.1, 0.15) is 12.4 Å². The van der Waals surface area contributed by atoms with E-state index in [0.29, 0.717) is 24.4 Å². The number of ether oxygens (including phenoxy) is 1. The standard InChI is InChI=1S/C23H20N2O3/c26-22-14-24-23(27)20-8-4-5-9-21(20)25(22)15-17-10-12-19(13-11-17)28-16-18-6-2-1-3-7-18/h1-13H,14-16H2,(H,24,27). The number of para-hydroxylation sites is 1. The van der Waals surface area contributed by atoms with Crippen molar-refractivity contribution in [2.24, 2.45) is 0 Å². The van der Waals surface area contributed by atoms with Crippen LogP contribution in [0.5, 0.6) is 5.75 Å². The van der Waals surface area contributed by atoms with Crippen molar-refractivity contribution in [3.8, 4) is 5.75 Å². The van der Waals surface area contributed by atoms with Gasteiger partial charge in [0.05, 0.1) is 24.3 Å². The van der Waals surface area contributed by atoms with E-state index < -0.39 is 0 Å². The molecule has 0 aliphatic carbocycles. The molecule has 0 atom stereocenters. The number of carbonyl (C=O) groups is 2. The minimum Gasteiger partial charge on any atom is -0.489 e. The number of nitrogens with one attached hydrogen (secondary N) is 1. The molecule has 0 spiro atoms. The van der Waals surface area contributed by atoms with E-state index in [1.165, 1.54) is 0 Å². The van der Waals surface area contributed by atoms with Gasteiger partial charge in [-0.05, 0) is 35.4 Å². The van der Waals surface area contributed by atoms with Crippen molar-refractivity contribution in [2.75, 3.05) is 11.4 Å². The molecule has 2 amide bonds. The normalized spacial score (nSPS) is 13.5. The Hall–Kier alpha value is -3.60. The Balaban J connectivity index is 1.48. The summed E-state index contributed by atoms with van der Waals surface area (Å²) in [6.45, 7) is 0.890. The SMILES string of the molecule is O=C1NCC(=O)N(Cc2ccc(OCc3ccccc3)cc2)c2ccccc21. The quantitative estimate of drug-likeness (QED) is 0.745. The van der Waals surface area contributed by atoms with Gasteiger partial charge in [-0.15, -0.1) is 0 Å². The Morgan fingerprint density at radius 2 is 1.54 bits per heavy atom. The summed E-state index contributed by atoms with van der Waals surface area (Å²) in [5.41, 5.74) is 3.21. The molecule has 1 aliphatic rings. The van der Waals surface area contributed by atoms with Crippen molar-refractivity contribution in [1.82, 2.24) is 5.32 Å². The third kappa shape index (κ3) is 3.88. The number of benzene rings is 3. The zero-order valence-electron chi connectivity index (χ0n) is 15.3. The van der Waals surface area contributed by atoms with E-state index in [2.05, 4.69) is 5.32 Å². The molecule has 140 valence electrons. The van der Waals surface area contributed by atoms with Crippen LogP contribution >= 0.6 is 0 Å². The number of hydrogen-bond donors (Lipinski definition) is 1. The summed E-state index contributed by atoms with van der Waals surface area (Å²) in [6.07, 6.45) is 0. The average molecular weight is 372 g/mol. The van der Waals surface area contributed by atoms with Gasteiger partial charge < -0.3 is 15.0 Å². The number of nitrogens with zero attached hydrogens (tertiary/aromatic N) is 1. The predicted octanol–water partition coefficient (Wildman–Crippen LogP) is 3.54. The first kappa shape index (κ1) is 17.8. The van der Waals surface area contributed by atoms with Gasteiger partial charge in [0.2, 0.25) is 5.91 Å². The van der Waals surface area contributed by atoms with Crippen LogP contribution in [0.4, 0.5) is 5.69 Å². The Bertz CT molecular complexity index is 984. The van der Waals surface area contributed by atoms with Gasteiger partial charge in [0, 0.05) is 0 Å². The largest absolute Gasteiger partial charge is 0.489 e. The lowest BCUT2D eigenvalue weighted by molar-refractivity contribution is -0.117. The van der Waals surface area contributed by atoms with Crippen molar-refractivity contribution in [3.63, 3.8) is 0 Å². The number of rotatable bonds is 5. The second-order valence-corrected chi connectivity index (χ2v) is 6.60. The van der Waals surface area contributed by atoms with Crippen LogP contribution < -0.4 is 15.0 Å². The van der Waals surface area contributed by atoms with E-state index in [4.69, 9.17) is 4.74 Å². The topological polar surface area (TPSA) is 58.6 Å². The molecule has 3 aromatic carbocycles. The Morgan fingerprint density at radius 3 is 2.32 bits per heavy atom. The highest BCUT2D eigenvalue weighted by atomic mass is 16.5. The molecular weight excluding hydrogens is 352 g/mol. The van der Waals surface area contributed by atoms with Crippen molar-refractivity contribution in [1.29, 1.82) is 0 Å². The third-order valence-electron chi connectivity index (χ3n) is 4.65. The predicted molar refractivity (Wildman–Crippen MR) is 107 cm³/mol. The van der Waals surface area contributed by atoms with Gasteiger partial charge >= 0.3 is 0 Å². The summed E-state index contributed by atoms with van der Waals surface area (Å²) in [6, 6.07) is 24.8. The second kappa shape index (κ2) is 7.96. The summed E-state index contributed by atoms with van der Waals surface area (Å²) < 4.78 is 5.81. The highest BCUT2D eigenvalue weighted by Gasteiger charge is 2.25. The lowest BCUT2D eigenvalue weighted by Gasteiger charge is -2.22. The third-order valence-corrected chi connectivity index (χ3v) is 4.65. The number of carbonyl (C=O) groups excluding carboxylic acids is 2. The molecule has 0 saturated heterocycles. The lowest BCUT2D eigenvalue weighted by atomic mass is 10.1. The van der Waals surface area contributed by atoms with E-state index >= 15 is 0 Å². The summed E-state index contributed by atoms with van der Waals surface area (Å²) in [7, 11) is 0. The monoisotopic (exact) mass is 372 g/mol. The van der Waals surface area contributed by atoms with Gasteiger partial charge in [-0.3, -0.25) is 9.59 Å². The Labute approximate surface area is 163 Å². The Morgan fingerprint density at radius 1 is 0.821 bits per heavy atom. The summed E-state index contributed by atoms with van der Waals surface area (Å²) in [5.74, 6) is 0.408. The fourth-order valence-corrected chi connectivity index (χ4v) is 3.17. The van der Waals surface area contributed by atoms with Gasteiger partial charge in [-0.1, -0.05) is 54.6 Å². The number of hydrogen-bond acceptors (Lipinski definition) is 3. The molecule has 4 rings (SSSR count). The van der Waals surface area contributed by atoms with E-state index in [9.17, 15) is 9.59 Å². The van der Waals surface area contributed by atoms with Crippen LogP contribution in [-0.2, 0) is 17.9 Å². The molecule has 0 fully saturated rings. The average Bonchev–Trinajstić information content (AvgIpc) is 2.86. The van der Waals surface area contributed by atoms with Crippen LogP contribution in [-0.4, -0.2) is 18.4 Å². The minimum absolute atomic E-state index is 0.00815. The molecule has 1 N–H and O–H groups in total. The maximum Gasteiger partial charge on any atom is 0.253 e. The number of anilines is 1. The first-order valence-electron chi connectivity index (χ1n) is 9.14. The van der Waals surface area contributed by atoms with E-state index in [-0.39, 0.29) is 18.4 Å². The molecule has 1 aliphatic heterocycles. The van der Waals surface area contributed by atoms with Crippen LogP contribution in [0.25, 0.3) is 0 Å². The van der Waals surface area contributed by atoms with Crippen molar-refractivity contribution in [2.45, 2.75) is 13.2 Å². The molecule has 5 heteroatoms. The molecule has 5 nitrogen and oxygen atoms in total. The van der Waals surface area contributed by atoms with E-state index in [1.807, 2.05) is 60.7 Å². The van der Waals surface area contributed by atoms with Crippen molar-refractivity contribution < 1.29 is 14.3 Å². The lowest BCUT2D eigenvalue weighted by Crippen LogP contribution is -2.36. The Kier molecular flexibility index (Phi) is 5.06. The fraction of sp³-hybridized carbons (Fsp3) is 0.130.